The minimum absolute atomic E-state index is 0.0805. The number of anilines is 1. The average molecular weight is 220 g/mol. The molecule has 2 N–H and O–H groups in total. The lowest BCUT2D eigenvalue weighted by molar-refractivity contribution is -0.116. The van der Waals surface area contributed by atoms with Crippen molar-refractivity contribution < 1.29 is 4.79 Å². The highest BCUT2D eigenvalue weighted by molar-refractivity contribution is 5.90. The molecule has 1 aromatic carbocycles. The first kappa shape index (κ1) is 12.7. The summed E-state index contributed by atoms with van der Waals surface area (Å²) in [4.78, 5) is 11.4. The standard InChI is InChI=1S/C13H20N2O/c1-4-5-13(16)15-12-8-6-11(7-9-12)10(2)14-3/h6-10,14H,4-5H2,1-3H3,(H,15,16). The molecule has 1 amide bonds. The molecule has 0 saturated heterocycles. The molecule has 1 aromatic rings. The van der Waals surface area contributed by atoms with Gasteiger partial charge in [0.15, 0.2) is 0 Å². The van der Waals surface area contributed by atoms with E-state index in [1.54, 1.807) is 0 Å². The molecule has 0 bridgehead atoms. The van der Waals surface area contributed by atoms with Gasteiger partial charge in [0.2, 0.25) is 5.91 Å². The number of rotatable bonds is 5. The fourth-order valence-corrected chi connectivity index (χ4v) is 1.47. The van der Waals surface area contributed by atoms with Crippen molar-refractivity contribution in [2.75, 3.05) is 12.4 Å². The van der Waals surface area contributed by atoms with Crippen LogP contribution in [0.25, 0.3) is 0 Å². The van der Waals surface area contributed by atoms with Gasteiger partial charge < -0.3 is 10.6 Å². The maximum Gasteiger partial charge on any atom is 0.224 e. The van der Waals surface area contributed by atoms with Crippen molar-refractivity contribution in [3.63, 3.8) is 0 Å². The van der Waals surface area contributed by atoms with E-state index < -0.39 is 0 Å². The van der Waals surface area contributed by atoms with Crippen molar-refractivity contribution in [2.24, 2.45) is 0 Å². The molecule has 1 atom stereocenters. The summed E-state index contributed by atoms with van der Waals surface area (Å²) in [5.41, 5.74) is 2.08. The van der Waals surface area contributed by atoms with Crippen LogP contribution in [0.15, 0.2) is 24.3 Å². The van der Waals surface area contributed by atoms with E-state index in [4.69, 9.17) is 0 Å². The zero-order valence-electron chi connectivity index (χ0n) is 10.2. The van der Waals surface area contributed by atoms with Crippen molar-refractivity contribution in [1.29, 1.82) is 0 Å². The van der Waals surface area contributed by atoms with Gasteiger partial charge in [-0.25, -0.2) is 0 Å². The molecule has 16 heavy (non-hydrogen) atoms. The van der Waals surface area contributed by atoms with Gasteiger partial charge in [-0.05, 0) is 38.1 Å². The Balaban J connectivity index is 2.61. The van der Waals surface area contributed by atoms with Crippen LogP contribution in [0.2, 0.25) is 0 Å². The van der Waals surface area contributed by atoms with Crippen molar-refractivity contribution >= 4 is 11.6 Å². The Hall–Kier alpha value is -1.35. The predicted octanol–water partition coefficient (Wildman–Crippen LogP) is 2.71. The lowest BCUT2D eigenvalue weighted by Crippen LogP contribution is -2.13. The molecule has 0 saturated carbocycles. The second-order valence-corrected chi connectivity index (χ2v) is 3.93. The second-order valence-electron chi connectivity index (χ2n) is 3.93. The maximum atomic E-state index is 11.4. The molecule has 3 nitrogen and oxygen atoms in total. The molecule has 3 heteroatoms. The van der Waals surface area contributed by atoms with E-state index >= 15 is 0 Å². The molecular formula is C13H20N2O. The first-order valence-corrected chi connectivity index (χ1v) is 5.74. The third-order valence-electron chi connectivity index (χ3n) is 2.60. The summed E-state index contributed by atoms with van der Waals surface area (Å²) in [7, 11) is 1.93. The molecule has 1 rings (SSSR count). The van der Waals surface area contributed by atoms with Crippen molar-refractivity contribution in [3.8, 4) is 0 Å². The number of carbonyl (C=O) groups is 1. The molecule has 0 radical (unpaired) electrons. The number of benzene rings is 1. The largest absolute Gasteiger partial charge is 0.326 e. The molecule has 0 fully saturated rings. The highest BCUT2D eigenvalue weighted by Crippen LogP contribution is 2.15. The fourth-order valence-electron chi connectivity index (χ4n) is 1.47. The van der Waals surface area contributed by atoms with Gasteiger partial charge >= 0.3 is 0 Å². The quantitative estimate of drug-likeness (QED) is 0.801. The first-order valence-electron chi connectivity index (χ1n) is 5.74. The maximum absolute atomic E-state index is 11.4. The molecule has 0 aliphatic rings. The fraction of sp³-hybridized carbons (Fsp3) is 0.462. The van der Waals surface area contributed by atoms with Crippen LogP contribution < -0.4 is 10.6 Å². The van der Waals surface area contributed by atoms with Crippen LogP contribution in [0.4, 0.5) is 5.69 Å². The monoisotopic (exact) mass is 220 g/mol. The van der Waals surface area contributed by atoms with Crippen LogP contribution in [-0.2, 0) is 4.79 Å². The van der Waals surface area contributed by atoms with Crippen LogP contribution in [0.5, 0.6) is 0 Å². The van der Waals surface area contributed by atoms with E-state index in [1.165, 1.54) is 5.56 Å². The van der Waals surface area contributed by atoms with Crippen molar-refractivity contribution in [2.45, 2.75) is 32.7 Å². The topological polar surface area (TPSA) is 41.1 Å². The van der Waals surface area contributed by atoms with Crippen molar-refractivity contribution in [3.05, 3.63) is 29.8 Å². The number of carbonyl (C=O) groups excluding carboxylic acids is 1. The smallest absolute Gasteiger partial charge is 0.224 e. The SMILES string of the molecule is CCCC(=O)Nc1ccc(C(C)NC)cc1. The van der Waals surface area contributed by atoms with Gasteiger partial charge in [0, 0.05) is 18.2 Å². The molecular weight excluding hydrogens is 200 g/mol. The zero-order valence-corrected chi connectivity index (χ0v) is 10.2. The summed E-state index contributed by atoms with van der Waals surface area (Å²) in [6.45, 7) is 4.10. The molecule has 0 aromatic heterocycles. The van der Waals surface area contributed by atoms with Crippen LogP contribution in [-0.4, -0.2) is 13.0 Å². The summed E-state index contributed by atoms with van der Waals surface area (Å²) in [5, 5.41) is 6.04. The summed E-state index contributed by atoms with van der Waals surface area (Å²) >= 11 is 0. The third kappa shape index (κ3) is 3.66. The molecule has 0 aliphatic heterocycles. The van der Waals surface area contributed by atoms with Gasteiger partial charge in [-0.3, -0.25) is 4.79 Å². The second kappa shape index (κ2) is 6.28. The van der Waals surface area contributed by atoms with Crippen LogP contribution in [0, 0.1) is 0 Å². The Morgan fingerprint density at radius 2 is 1.94 bits per heavy atom. The van der Waals surface area contributed by atoms with E-state index in [0.717, 1.165) is 12.1 Å². The van der Waals surface area contributed by atoms with E-state index in [1.807, 2.05) is 38.2 Å². The van der Waals surface area contributed by atoms with Gasteiger partial charge in [-0.1, -0.05) is 19.1 Å². The van der Waals surface area contributed by atoms with Gasteiger partial charge in [-0.15, -0.1) is 0 Å². The minimum atomic E-state index is 0.0805. The van der Waals surface area contributed by atoms with Gasteiger partial charge in [0.1, 0.15) is 0 Å². The lowest BCUT2D eigenvalue weighted by Gasteiger charge is -2.11. The normalized spacial score (nSPS) is 12.2. The molecule has 1 unspecified atom stereocenters. The Kier molecular flexibility index (Phi) is 4.99. The molecule has 88 valence electrons. The van der Waals surface area contributed by atoms with E-state index in [2.05, 4.69) is 17.6 Å². The Morgan fingerprint density at radius 3 is 2.44 bits per heavy atom. The van der Waals surface area contributed by atoms with Gasteiger partial charge in [0.05, 0.1) is 0 Å². The Bertz CT molecular complexity index is 332. The van der Waals surface area contributed by atoms with Crippen molar-refractivity contribution in [1.82, 2.24) is 5.32 Å². The molecule has 0 heterocycles. The average Bonchev–Trinajstić information content (AvgIpc) is 2.29. The number of hydrogen-bond acceptors (Lipinski definition) is 2. The van der Waals surface area contributed by atoms with Crippen LogP contribution in [0.1, 0.15) is 38.3 Å². The highest BCUT2D eigenvalue weighted by atomic mass is 16.1. The van der Waals surface area contributed by atoms with Crippen LogP contribution >= 0.6 is 0 Å². The Labute approximate surface area is 97.2 Å². The Morgan fingerprint density at radius 1 is 1.31 bits per heavy atom. The van der Waals surface area contributed by atoms with Gasteiger partial charge in [0.25, 0.3) is 0 Å². The summed E-state index contributed by atoms with van der Waals surface area (Å²) in [6, 6.07) is 8.28. The molecule has 0 spiro atoms. The predicted molar refractivity (Wildman–Crippen MR) is 67.5 cm³/mol. The number of hydrogen-bond donors (Lipinski definition) is 2. The molecule has 0 aliphatic carbocycles. The number of amides is 1. The minimum Gasteiger partial charge on any atom is -0.326 e. The first-order chi connectivity index (χ1) is 7.67. The van der Waals surface area contributed by atoms with E-state index in [-0.39, 0.29) is 5.91 Å². The lowest BCUT2D eigenvalue weighted by atomic mass is 10.1. The van der Waals surface area contributed by atoms with Crippen LogP contribution in [0.3, 0.4) is 0 Å². The highest BCUT2D eigenvalue weighted by Gasteiger charge is 2.03. The zero-order chi connectivity index (χ0) is 12.0. The number of nitrogens with one attached hydrogen (secondary N) is 2. The summed E-state index contributed by atoms with van der Waals surface area (Å²) in [5.74, 6) is 0.0805. The van der Waals surface area contributed by atoms with E-state index in [9.17, 15) is 4.79 Å². The third-order valence-corrected chi connectivity index (χ3v) is 2.60. The summed E-state index contributed by atoms with van der Waals surface area (Å²) < 4.78 is 0. The van der Waals surface area contributed by atoms with E-state index in [0.29, 0.717) is 12.5 Å². The van der Waals surface area contributed by atoms with Gasteiger partial charge in [-0.2, -0.15) is 0 Å². The summed E-state index contributed by atoms with van der Waals surface area (Å²) in [6.07, 6.45) is 1.45.